The third-order valence-electron chi connectivity index (χ3n) is 4.90. The lowest BCUT2D eigenvalue weighted by Gasteiger charge is -2.37. The molecule has 0 fully saturated rings. The first-order valence-corrected chi connectivity index (χ1v) is 7.62. The predicted octanol–water partition coefficient (Wildman–Crippen LogP) is 5.59. The van der Waals surface area contributed by atoms with Crippen molar-refractivity contribution in [2.45, 2.75) is 71.6 Å². The maximum absolute atomic E-state index is 2.48. The minimum Gasteiger partial charge on any atom is -0.0654 e. The lowest BCUT2D eigenvalue weighted by molar-refractivity contribution is 0.276. The molecule has 2 unspecified atom stereocenters. The first-order chi connectivity index (χ1) is 8.51. The van der Waals surface area contributed by atoms with Crippen LogP contribution in [0.4, 0.5) is 0 Å². The second kappa shape index (κ2) is 5.07. The molecule has 1 aliphatic rings. The third-order valence-corrected chi connectivity index (χ3v) is 4.90. The van der Waals surface area contributed by atoms with E-state index in [2.05, 4.69) is 52.8 Å². The van der Waals surface area contributed by atoms with E-state index in [1.807, 2.05) is 0 Å². The molecule has 0 spiro atoms. The zero-order valence-corrected chi connectivity index (χ0v) is 12.7. The number of fused-ring (bicyclic) bond motifs is 2. The maximum atomic E-state index is 2.48. The van der Waals surface area contributed by atoms with Gasteiger partial charge in [0.15, 0.2) is 0 Å². The van der Waals surface area contributed by atoms with Gasteiger partial charge < -0.3 is 0 Å². The van der Waals surface area contributed by atoms with Crippen molar-refractivity contribution in [1.29, 1.82) is 0 Å². The van der Waals surface area contributed by atoms with Crippen LogP contribution >= 0.6 is 0 Å². The van der Waals surface area contributed by atoms with E-state index in [1.165, 1.54) is 31.2 Å². The average molecular weight is 244 g/mol. The number of aryl methyl sites for hydroxylation is 1. The highest BCUT2D eigenvalue weighted by atomic mass is 14.5. The highest BCUT2D eigenvalue weighted by Gasteiger charge is 2.43. The Morgan fingerprint density at radius 3 is 2.56 bits per heavy atom. The molecule has 1 aromatic rings. The van der Waals surface area contributed by atoms with Gasteiger partial charge in [0.1, 0.15) is 0 Å². The minimum absolute atomic E-state index is 0.424. The zero-order valence-electron chi connectivity index (χ0n) is 12.7. The van der Waals surface area contributed by atoms with Gasteiger partial charge in [-0.05, 0) is 48.3 Å². The molecule has 0 heteroatoms. The summed E-state index contributed by atoms with van der Waals surface area (Å²) in [6.45, 7) is 11.8. The molecule has 1 aromatic carbocycles. The summed E-state index contributed by atoms with van der Waals surface area (Å²) >= 11 is 0. The van der Waals surface area contributed by atoms with Crippen LogP contribution in [0.15, 0.2) is 18.2 Å². The van der Waals surface area contributed by atoms with Crippen LogP contribution in [0.2, 0.25) is 0 Å². The summed E-state index contributed by atoms with van der Waals surface area (Å²) in [6, 6.07) is 7.20. The number of unbranched alkanes of at least 4 members (excludes halogenated alkanes) is 1. The smallest absolute Gasteiger partial charge is 0.00216 e. The standard InChI is InChI=1S/C18H28/c1-6-7-10-18(12-13(2)3)15(5)17-11-16(18)9-8-14(17)4/h8-9,11,13,15H,6-7,10,12H2,1-5H3. The quantitative estimate of drug-likeness (QED) is 0.633. The molecule has 2 rings (SSSR count). The molecular weight excluding hydrogens is 216 g/mol. The summed E-state index contributed by atoms with van der Waals surface area (Å²) in [4.78, 5) is 0. The molecule has 0 amide bonds. The Morgan fingerprint density at radius 1 is 1.28 bits per heavy atom. The Hall–Kier alpha value is -0.780. The molecule has 0 N–H and O–H groups in total. The molecular formula is C18H28. The van der Waals surface area contributed by atoms with Gasteiger partial charge in [-0.2, -0.15) is 0 Å². The van der Waals surface area contributed by atoms with Crippen LogP contribution in [0, 0.1) is 12.8 Å². The van der Waals surface area contributed by atoms with Crippen molar-refractivity contribution in [1.82, 2.24) is 0 Å². The lowest BCUT2D eigenvalue weighted by Crippen LogP contribution is -2.30. The van der Waals surface area contributed by atoms with Gasteiger partial charge in [0.2, 0.25) is 0 Å². The van der Waals surface area contributed by atoms with Crippen molar-refractivity contribution in [2.75, 3.05) is 0 Å². The summed E-state index contributed by atoms with van der Waals surface area (Å²) in [5, 5.41) is 0. The van der Waals surface area contributed by atoms with Crippen molar-refractivity contribution in [3.05, 3.63) is 34.9 Å². The molecule has 0 aliphatic heterocycles. The summed E-state index contributed by atoms with van der Waals surface area (Å²) in [5.41, 5.74) is 5.11. The topological polar surface area (TPSA) is 0 Å². The first kappa shape index (κ1) is 13.6. The van der Waals surface area contributed by atoms with Crippen molar-refractivity contribution in [3.63, 3.8) is 0 Å². The predicted molar refractivity (Wildman–Crippen MR) is 80.3 cm³/mol. The van der Waals surface area contributed by atoms with Crippen molar-refractivity contribution < 1.29 is 0 Å². The second-order valence-corrected chi connectivity index (χ2v) is 6.65. The number of hydrogen-bond donors (Lipinski definition) is 0. The highest BCUT2D eigenvalue weighted by Crippen LogP contribution is 2.53. The fourth-order valence-electron chi connectivity index (χ4n) is 3.94. The van der Waals surface area contributed by atoms with Crippen LogP contribution in [0.1, 0.15) is 76.0 Å². The van der Waals surface area contributed by atoms with Gasteiger partial charge in [-0.15, -0.1) is 0 Å². The van der Waals surface area contributed by atoms with Crippen LogP contribution in [0.25, 0.3) is 0 Å². The summed E-state index contributed by atoms with van der Waals surface area (Å²) in [6.07, 6.45) is 5.35. The van der Waals surface area contributed by atoms with E-state index in [0.717, 1.165) is 5.92 Å². The Morgan fingerprint density at radius 2 is 2.00 bits per heavy atom. The van der Waals surface area contributed by atoms with E-state index in [9.17, 15) is 0 Å². The molecule has 0 nitrogen and oxygen atoms in total. The van der Waals surface area contributed by atoms with Gasteiger partial charge in [0.05, 0.1) is 0 Å². The fraction of sp³-hybridized carbons (Fsp3) is 0.667. The summed E-state index contributed by atoms with van der Waals surface area (Å²) in [7, 11) is 0. The van der Waals surface area contributed by atoms with E-state index >= 15 is 0 Å². The number of benzene rings is 1. The SMILES string of the molecule is CCCCC1(CC(C)C)c2ccc(C)c(c2)C1C. The largest absolute Gasteiger partial charge is 0.0654 e. The minimum atomic E-state index is 0.424. The Bertz CT molecular complexity index is 416. The molecule has 2 bridgehead atoms. The zero-order chi connectivity index (χ0) is 13.3. The molecule has 18 heavy (non-hydrogen) atoms. The summed E-state index contributed by atoms with van der Waals surface area (Å²) < 4.78 is 0. The van der Waals surface area contributed by atoms with E-state index in [0.29, 0.717) is 11.3 Å². The number of hydrogen-bond acceptors (Lipinski definition) is 0. The van der Waals surface area contributed by atoms with Crippen LogP contribution in [-0.2, 0) is 5.41 Å². The Balaban J connectivity index is 2.38. The van der Waals surface area contributed by atoms with E-state index in [1.54, 1.807) is 11.1 Å². The fourth-order valence-corrected chi connectivity index (χ4v) is 3.94. The van der Waals surface area contributed by atoms with Crippen molar-refractivity contribution in [3.8, 4) is 0 Å². The van der Waals surface area contributed by atoms with Crippen molar-refractivity contribution >= 4 is 0 Å². The van der Waals surface area contributed by atoms with Gasteiger partial charge in [-0.1, -0.05) is 58.7 Å². The monoisotopic (exact) mass is 244 g/mol. The number of rotatable bonds is 5. The Labute approximate surface area is 113 Å². The molecule has 100 valence electrons. The molecule has 0 aromatic heterocycles. The van der Waals surface area contributed by atoms with E-state index < -0.39 is 0 Å². The summed E-state index contributed by atoms with van der Waals surface area (Å²) in [5.74, 6) is 1.48. The van der Waals surface area contributed by atoms with Gasteiger partial charge in [0, 0.05) is 5.41 Å². The molecule has 0 saturated heterocycles. The van der Waals surface area contributed by atoms with Crippen LogP contribution < -0.4 is 0 Å². The molecule has 1 aliphatic carbocycles. The maximum Gasteiger partial charge on any atom is 0.00216 e. The average Bonchev–Trinajstić information content (AvgIpc) is 2.54. The third kappa shape index (κ3) is 2.11. The highest BCUT2D eigenvalue weighted by molar-refractivity contribution is 5.47. The van der Waals surface area contributed by atoms with Gasteiger partial charge in [0.25, 0.3) is 0 Å². The van der Waals surface area contributed by atoms with Gasteiger partial charge >= 0.3 is 0 Å². The van der Waals surface area contributed by atoms with E-state index in [-0.39, 0.29) is 0 Å². The van der Waals surface area contributed by atoms with E-state index in [4.69, 9.17) is 0 Å². The van der Waals surface area contributed by atoms with Gasteiger partial charge in [-0.3, -0.25) is 0 Å². The van der Waals surface area contributed by atoms with Gasteiger partial charge in [-0.25, -0.2) is 0 Å². The van der Waals surface area contributed by atoms with Crippen molar-refractivity contribution in [2.24, 2.45) is 5.92 Å². The lowest BCUT2D eigenvalue weighted by atomic mass is 9.66. The molecule has 0 saturated carbocycles. The first-order valence-electron chi connectivity index (χ1n) is 7.62. The van der Waals surface area contributed by atoms with Crippen LogP contribution in [0.3, 0.4) is 0 Å². The molecule has 0 heterocycles. The second-order valence-electron chi connectivity index (χ2n) is 6.65. The normalized spacial score (nSPS) is 26.0. The molecule has 2 atom stereocenters. The van der Waals surface area contributed by atoms with Crippen LogP contribution in [0.5, 0.6) is 0 Å². The molecule has 0 radical (unpaired) electrons. The van der Waals surface area contributed by atoms with Crippen LogP contribution in [-0.4, -0.2) is 0 Å². The Kier molecular flexibility index (Phi) is 3.84.